The quantitative estimate of drug-likeness (QED) is 0.436. The SMILES string of the molecule is CN=C(NCCc1noc(-c2ccccn2)n1)NCc1ccc(C)cc1OC(C)C. The molecule has 0 fully saturated rings. The highest BCUT2D eigenvalue weighted by molar-refractivity contribution is 5.79. The van der Waals surface area contributed by atoms with Crippen LogP contribution in [0, 0.1) is 6.92 Å². The maximum Gasteiger partial charge on any atom is 0.276 e. The number of rotatable bonds is 8. The Kier molecular flexibility index (Phi) is 7.37. The molecular formula is C22H28N6O2. The van der Waals surface area contributed by atoms with E-state index in [1.807, 2.05) is 32.0 Å². The molecule has 0 saturated heterocycles. The highest BCUT2D eigenvalue weighted by atomic mass is 16.5. The normalized spacial score (nSPS) is 11.6. The molecule has 0 aliphatic carbocycles. The minimum Gasteiger partial charge on any atom is -0.491 e. The van der Waals surface area contributed by atoms with E-state index in [4.69, 9.17) is 9.26 Å². The number of guanidine groups is 1. The minimum absolute atomic E-state index is 0.119. The van der Waals surface area contributed by atoms with E-state index in [2.05, 4.69) is 55.9 Å². The van der Waals surface area contributed by atoms with Crippen molar-refractivity contribution in [2.45, 2.75) is 39.8 Å². The number of nitrogens with zero attached hydrogens (tertiary/aromatic N) is 4. The van der Waals surface area contributed by atoms with Crippen LogP contribution in [-0.4, -0.2) is 40.8 Å². The monoisotopic (exact) mass is 408 g/mol. The van der Waals surface area contributed by atoms with Gasteiger partial charge in [0.15, 0.2) is 11.8 Å². The molecule has 158 valence electrons. The number of benzene rings is 1. The lowest BCUT2D eigenvalue weighted by atomic mass is 10.1. The van der Waals surface area contributed by atoms with E-state index in [0.717, 1.165) is 11.3 Å². The van der Waals surface area contributed by atoms with E-state index < -0.39 is 0 Å². The number of hydrogen-bond acceptors (Lipinski definition) is 6. The van der Waals surface area contributed by atoms with E-state index >= 15 is 0 Å². The third-order valence-corrected chi connectivity index (χ3v) is 4.25. The smallest absolute Gasteiger partial charge is 0.276 e. The Labute approximate surface area is 176 Å². The molecule has 3 rings (SSSR count). The van der Waals surface area contributed by atoms with Crippen molar-refractivity contribution in [1.29, 1.82) is 0 Å². The van der Waals surface area contributed by atoms with Crippen LogP contribution >= 0.6 is 0 Å². The maximum absolute atomic E-state index is 5.94. The van der Waals surface area contributed by atoms with Gasteiger partial charge >= 0.3 is 0 Å². The van der Waals surface area contributed by atoms with Crippen LogP contribution in [0.25, 0.3) is 11.6 Å². The van der Waals surface area contributed by atoms with Crippen LogP contribution in [0.3, 0.4) is 0 Å². The van der Waals surface area contributed by atoms with Gasteiger partial charge in [-0.1, -0.05) is 23.4 Å². The molecule has 0 atom stereocenters. The Morgan fingerprint density at radius 2 is 2.07 bits per heavy atom. The van der Waals surface area contributed by atoms with Crippen molar-refractivity contribution in [2.24, 2.45) is 4.99 Å². The van der Waals surface area contributed by atoms with Gasteiger partial charge in [-0.15, -0.1) is 0 Å². The fourth-order valence-electron chi connectivity index (χ4n) is 2.81. The Balaban J connectivity index is 1.51. The molecule has 0 radical (unpaired) electrons. The second-order valence-corrected chi connectivity index (χ2v) is 7.11. The lowest BCUT2D eigenvalue weighted by Crippen LogP contribution is -2.38. The maximum atomic E-state index is 5.94. The first-order chi connectivity index (χ1) is 14.5. The fraction of sp³-hybridized carbons (Fsp3) is 0.364. The predicted octanol–water partition coefficient (Wildman–Crippen LogP) is 3.13. The first kappa shape index (κ1) is 21.3. The van der Waals surface area contributed by atoms with Gasteiger partial charge in [-0.05, 0) is 44.5 Å². The number of aliphatic imine (C=N–C) groups is 1. The molecule has 8 nitrogen and oxygen atoms in total. The van der Waals surface area contributed by atoms with Crippen molar-refractivity contribution in [1.82, 2.24) is 25.8 Å². The summed E-state index contributed by atoms with van der Waals surface area (Å²) < 4.78 is 11.2. The summed E-state index contributed by atoms with van der Waals surface area (Å²) in [5.74, 6) is 2.62. The van der Waals surface area contributed by atoms with Gasteiger partial charge in [0.05, 0.1) is 6.10 Å². The molecule has 0 amide bonds. The molecule has 30 heavy (non-hydrogen) atoms. The number of pyridine rings is 1. The molecule has 0 bridgehead atoms. The van der Waals surface area contributed by atoms with E-state index in [-0.39, 0.29) is 6.10 Å². The molecule has 0 aliphatic heterocycles. The van der Waals surface area contributed by atoms with Crippen LogP contribution in [0.5, 0.6) is 5.75 Å². The molecule has 8 heteroatoms. The average Bonchev–Trinajstić information content (AvgIpc) is 3.21. The van der Waals surface area contributed by atoms with Crippen LogP contribution in [-0.2, 0) is 13.0 Å². The first-order valence-corrected chi connectivity index (χ1v) is 10.00. The van der Waals surface area contributed by atoms with Crippen LogP contribution < -0.4 is 15.4 Å². The Bertz CT molecular complexity index is 969. The third kappa shape index (κ3) is 6.04. The lowest BCUT2D eigenvalue weighted by molar-refractivity contribution is 0.239. The highest BCUT2D eigenvalue weighted by Gasteiger charge is 2.10. The van der Waals surface area contributed by atoms with Gasteiger partial charge in [-0.3, -0.25) is 9.98 Å². The van der Waals surface area contributed by atoms with Gasteiger partial charge < -0.3 is 19.9 Å². The Hall–Kier alpha value is -3.42. The summed E-state index contributed by atoms with van der Waals surface area (Å²) in [6.07, 6.45) is 2.42. The molecule has 3 aromatic rings. The summed E-state index contributed by atoms with van der Waals surface area (Å²) in [5.41, 5.74) is 2.91. The summed E-state index contributed by atoms with van der Waals surface area (Å²) in [5, 5.41) is 10.6. The van der Waals surface area contributed by atoms with Crippen LogP contribution in [0.1, 0.15) is 30.8 Å². The van der Waals surface area contributed by atoms with Crippen molar-refractivity contribution in [3.05, 3.63) is 59.5 Å². The van der Waals surface area contributed by atoms with Gasteiger partial charge in [0.2, 0.25) is 0 Å². The second-order valence-electron chi connectivity index (χ2n) is 7.11. The summed E-state index contributed by atoms with van der Waals surface area (Å²) in [6, 6.07) is 11.8. The summed E-state index contributed by atoms with van der Waals surface area (Å²) in [7, 11) is 1.74. The van der Waals surface area contributed by atoms with Crippen molar-refractivity contribution in [3.8, 4) is 17.3 Å². The lowest BCUT2D eigenvalue weighted by Gasteiger charge is -2.17. The standard InChI is InChI=1S/C22H28N6O2/c1-15(2)29-19-13-16(3)8-9-17(19)14-26-22(23-4)25-12-10-20-27-21(30-28-20)18-7-5-6-11-24-18/h5-9,11,13,15H,10,12,14H2,1-4H3,(H2,23,25,26). The first-order valence-electron chi connectivity index (χ1n) is 10.00. The van der Waals surface area contributed by atoms with Crippen LogP contribution in [0.4, 0.5) is 0 Å². The molecule has 1 aromatic carbocycles. The molecule has 2 heterocycles. The number of hydrogen-bond donors (Lipinski definition) is 2. The van der Waals surface area contributed by atoms with E-state index in [9.17, 15) is 0 Å². The zero-order valence-electron chi connectivity index (χ0n) is 17.8. The zero-order valence-corrected chi connectivity index (χ0v) is 17.8. The minimum atomic E-state index is 0.119. The predicted molar refractivity (Wildman–Crippen MR) is 116 cm³/mol. The molecule has 0 aliphatic rings. The summed E-state index contributed by atoms with van der Waals surface area (Å²) >= 11 is 0. The van der Waals surface area contributed by atoms with E-state index in [1.54, 1.807) is 13.2 Å². The molecule has 0 saturated carbocycles. The van der Waals surface area contributed by atoms with Crippen molar-refractivity contribution < 1.29 is 9.26 Å². The topological polar surface area (TPSA) is 97.5 Å². The average molecular weight is 409 g/mol. The second kappa shape index (κ2) is 10.4. The summed E-state index contributed by atoms with van der Waals surface area (Å²) in [6.45, 7) is 7.33. The molecule has 0 spiro atoms. The van der Waals surface area contributed by atoms with Crippen molar-refractivity contribution in [2.75, 3.05) is 13.6 Å². The number of nitrogens with one attached hydrogen (secondary N) is 2. The van der Waals surface area contributed by atoms with Gasteiger partial charge in [0.25, 0.3) is 5.89 Å². The number of ether oxygens (including phenoxy) is 1. The largest absolute Gasteiger partial charge is 0.491 e. The van der Waals surface area contributed by atoms with Gasteiger partial charge in [-0.25, -0.2) is 0 Å². The Morgan fingerprint density at radius 1 is 1.20 bits per heavy atom. The molecular weight excluding hydrogens is 380 g/mol. The molecule has 2 aromatic heterocycles. The highest BCUT2D eigenvalue weighted by Crippen LogP contribution is 2.21. The van der Waals surface area contributed by atoms with Gasteiger partial charge in [0, 0.05) is 38.3 Å². The number of aromatic nitrogens is 3. The van der Waals surface area contributed by atoms with Gasteiger partial charge in [-0.2, -0.15) is 4.98 Å². The number of aryl methyl sites for hydroxylation is 1. The summed E-state index contributed by atoms with van der Waals surface area (Å²) in [4.78, 5) is 12.9. The van der Waals surface area contributed by atoms with Crippen molar-refractivity contribution in [3.63, 3.8) is 0 Å². The van der Waals surface area contributed by atoms with Crippen LogP contribution in [0.15, 0.2) is 52.1 Å². The Morgan fingerprint density at radius 3 is 2.80 bits per heavy atom. The molecule has 0 unspecified atom stereocenters. The van der Waals surface area contributed by atoms with Crippen molar-refractivity contribution >= 4 is 5.96 Å². The zero-order chi connectivity index (χ0) is 21.3. The van der Waals surface area contributed by atoms with Gasteiger partial charge in [0.1, 0.15) is 11.4 Å². The van der Waals surface area contributed by atoms with E-state index in [1.165, 1.54) is 5.56 Å². The van der Waals surface area contributed by atoms with Crippen LogP contribution in [0.2, 0.25) is 0 Å². The third-order valence-electron chi connectivity index (χ3n) is 4.25. The van der Waals surface area contributed by atoms with E-state index in [0.29, 0.717) is 42.9 Å². The fourth-order valence-corrected chi connectivity index (χ4v) is 2.81. The molecule has 2 N–H and O–H groups in total.